The lowest BCUT2D eigenvalue weighted by molar-refractivity contribution is -0.136. The van der Waals surface area contributed by atoms with Crippen LogP contribution in [0.15, 0.2) is 54.6 Å². The molecule has 2 amide bonds. The second kappa shape index (κ2) is 11.4. The number of hydrogen-bond acceptors (Lipinski definition) is 5. The maximum absolute atomic E-state index is 13.2. The molecule has 1 atom stereocenters. The Morgan fingerprint density at radius 1 is 1.03 bits per heavy atom. The summed E-state index contributed by atoms with van der Waals surface area (Å²) in [5.41, 5.74) is 7.84. The molecule has 0 spiro atoms. The number of amides is 2. The summed E-state index contributed by atoms with van der Waals surface area (Å²) in [6.45, 7) is 7.70. The quantitative estimate of drug-likeness (QED) is 0.660. The normalized spacial score (nSPS) is 15.5. The molecule has 7 heteroatoms. The Hall–Kier alpha value is -3.06. The van der Waals surface area contributed by atoms with Gasteiger partial charge in [-0.3, -0.25) is 4.79 Å². The highest BCUT2D eigenvalue weighted by molar-refractivity contribution is 5.82. The summed E-state index contributed by atoms with van der Waals surface area (Å²) in [5, 5.41) is 0. The molecule has 2 N–H and O–H groups in total. The van der Waals surface area contributed by atoms with E-state index in [2.05, 4.69) is 0 Å². The third kappa shape index (κ3) is 6.73. The van der Waals surface area contributed by atoms with Crippen LogP contribution in [0.3, 0.4) is 0 Å². The van der Waals surface area contributed by atoms with Crippen molar-refractivity contribution in [1.82, 2.24) is 9.80 Å². The Morgan fingerprint density at radius 3 is 2.21 bits per heavy atom. The van der Waals surface area contributed by atoms with Crippen molar-refractivity contribution in [1.29, 1.82) is 0 Å². The number of likely N-dealkylation sites (tertiary alicyclic amines) is 1. The first-order valence-electron chi connectivity index (χ1n) is 11.8. The van der Waals surface area contributed by atoms with E-state index in [1.165, 1.54) is 0 Å². The average Bonchev–Trinajstić information content (AvgIpc) is 2.85. The number of nitrogens with two attached hydrogens (primary N) is 1. The molecule has 1 aliphatic heterocycles. The number of hydrogen-bond donors (Lipinski definition) is 1. The molecule has 0 bridgehead atoms. The molecule has 184 valence electrons. The molecule has 2 aromatic carbocycles. The zero-order chi connectivity index (χ0) is 24.7. The molecular weight excluding hydrogens is 430 g/mol. The lowest BCUT2D eigenvalue weighted by Crippen LogP contribution is -2.54. The van der Waals surface area contributed by atoms with Gasteiger partial charge >= 0.3 is 6.09 Å². The van der Waals surface area contributed by atoms with Crippen molar-refractivity contribution in [2.75, 3.05) is 20.2 Å². The summed E-state index contributed by atoms with van der Waals surface area (Å²) in [5.74, 6) is 0.739. The number of carbonyl (C=O) groups excluding carboxylic acids is 2. The molecule has 2 aromatic rings. The minimum absolute atomic E-state index is 0.0275. The molecule has 34 heavy (non-hydrogen) atoms. The topological polar surface area (TPSA) is 85.1 Å². The zero-order valence-corrected chi connectivity index (χ0v) is 20.7. The Kier molecular flexibility index (Phi) is 8.56. The predicted molar refractivity (Wildman–Crippen MR) is 132 cm³/mol. The van der Waals surface area contributed by atoms with Crippen molar-refractivity contribution in [2.45, 2.75) is 58.8 Å². The number of benzene rings is 2. The molecule has 0 saturated carbocycles. The van der Waals surface area contributed by atoms with Crippen molar-refractivity contribution >= 4 is 12.0 Å². The predicted octanol–water partition coefficient (Wildman–Crippen LogP) is 4.20. The largest absolute Gasteiger partial charge is 0.497 e. The summed E-state index contributed by atoms with van der Waals surface area (Å²) in [6.07, 6.45) is 1.01. The number of methoxy groups -OCH3 is 1. The van der Waals surface area contributed by atoms with Gasteiger partial charge in [0.1, 0.15) is 12.4 Å². The van der Waals surface area contributed by atoms with Gasteiger partial charge in [-0.1, -0.05) is 63.2 Å². The number of nitrogens with zero attached hydrogens (tertiary/aromatic N) is 2. The van der Waals surface area contributed by atoms with Crippen LogP contribution in [-0.4, -0.2) is 54.1 Å². The molecular formula is C27H37N3O4. The van der Waals surface area contributed by atoms with Crippen molar-refractivity contribution in [2.24, 2.45) is 11.1 Å². The van der Waals surface area contributed by atoms with Gasteiger partial charge in [0.2, 0.25) is 5.91 Å². The maximum Gasteiger partial charge on any atom is 0.410 e. The summed E-state index contributed by atoms with van der Waals surface area (Å²) < 4.78 is 10.9. The van der Waals surface area contributed by atoms with Gasteiger partial charge in [-0.25, -0.2) is 4.79 Å². The van der Waals surface area contributed by atoms with Crippen LogP contribution >= 0.6 is 0 Å². The van der Waals surface area contributed by atoms with Gasteiger partial charge in [-0.05, 0) is 41.5 Å². The number of ether oxygens (including phenoxy) is 2. The van der Waals surface area contributed by atoms with Gasteiger partial charge in [-0.15, -0.1) is 0 Å². The van der Waals surface area contributed by atoms with Gasteiger partial charge < -0.3 is 25.0 Å². The molecule has 1 saturated heterocycles. The van der Waals surface area contributed by atoms with E-state index in [-0.39, 0.29) is 30.1 Å². The van der Waals surface area contributed by atoms with E-state index in [9.17, 15) is 9.59 Å². The molecule has 0 aliphatic carbocycles. The van der Waals surface area contributed by atoms with Gasteiger partial charge in [0.15, 0.2) is 0 Å². The fourth-order valence-corrected chi connectivity index (χ4v) is 4.04. The highest BCUT2D eigenvalue weighted by Crippen LogP contribution is 2.25. The summed E-state index contributed by atoms with van der Waals surface area (Å²) in [4.78, 5) is 29.6. The Balaban J connectivity index is 1.68. The van der Waals surface area contributed by atoms with Crippen molar-refractivity contribution in [3.8, 4) is 5.75 Å². The molecule has 1 aliphatic rings. The third-order valence-corrected chi connectivity index (χ3v) is 6.37. The van der Waals surface area contributed by atoms with Crippen LogP contribution in [0, 0.1) is 5.41 Å². The van der Waals surface area contributed by atoms with E-state index in [1.807, 2.05) is 80.3 Å². The molecule has 1 fully saturated rings. The Bertz CT molecular complexity index is 933. The Labute approximate surface area is 202 Å². The minimum atomic E-state index is -0.546. The fraction of sp³-hybridized carbons (Fsp3) is 0.481. The smallest absolute Gasteiger partial charge is 0.410 e. The molecule has 0 radical (unpaired) electrons. The lowest BCUT2D eigenvalue weighted by Gasteiger charge is -2.40. The van der Waals surface area contributed by atoms with Crippen LogP contribution in [0.2, 0.25) is 0 Å². The maximum atomic E-state index is 13.2. The molecule has 1 heterocycles. The summed E-state index contributed by atoms with van der Waals surface area (Å²) >= 11 is 0. The molecule has 1 unspecified atom stereocenters. The summed E-state index contributed by atoms with van der Waals surface area (Å²) in [7, 11) is 1.63. The van der Waals surface area contributed by atoms with Gasteiger partial charge in [0.05, 0.1) is 13.2 Å². The standard InChI is InChI=1S/C27H37N3O4/c1-27(2,3)24(28)25(31)29-16-14-22(15-17-29)30(18-20-10-12-23(33-4)13-11-20)26(32)34-19-21-8-6-5-7-9-21/h5-13,22,24H,14-19,28H2,1-4H3. The molecule has 7 nitrogen and oxygen atoms in total. The minimum Gasteiger partial charge on any atom is -0.497 e. The first-order valence-corrected chi connectivity index (χ1v) is 11.8. The van der Waals surface area contributed by atoms with E-state index in [0.717, 1.165) is 16.9 Å². The number of rotatable bonds is 7. The van der Waals surface area contributed by atoms with Crippen LogP contribution in [0.25, 0.3) is 0 Å². The van der Waals surface area contributed by atoms with Crippen LogP contribution in [0.5, 0.6) is 5.75 Å². The average molecular weight is 468 g/mol. The monoisotopic (exact) mass is 467 g/mol. The number of piperidine rings is 1. The second-order valence-corrected chi connectivity index (χ2v) is 9.92. The van der Waals surface area contributed by atoms with E-state index in [0.29, 0.717) is 32.5 Å². The van der Waals surface area contributed by atoms with Crippen molar-refractivity contribution in [3.05, 3.63) is 65.7 Å². The van der Waals surface area contributed by atoms with Crippen LogP contribution in [0.4, 0.5) is 4.79 Å². The zero-order valence-electron chi connectivity index (χ0n) is 20.7. The first-order chi connectivity index (χ1) is 16.2. The van der Waals surface area contributed by atoms with E-state index >= 15 is 0 Å². The SMILES string of the molecule is COc1ccc(CN(C(=O)OCc2ccccc2)C2CCN(C(=O)C(N)C(C)(C)C)CC2)cc1. The van der Waals surface area contributed by atoms with Gasteiger partial charge in [0, 0.05) is 25.7 Å². The second-order valence-electron chi connectivity index (χ2n) is 9.92. The molecule has 0 aromatic heterocycles. The van der Waals surface area contributed by atoms with Crippen molar-refractivity contribution < 1.29 is 19.1 Å². The van der Waals surface area contributed by atoms with E-state index < -0.39 is 6.04 Å². The van der Waals surface area contributed by atoms with Gasteiger partial charge in [-0.2, -0.15) is 0 Å². The van der Waals surface area contributed by atoms with Crippen LogP contribution in [-0.2, 0) is 22.7 Å². The highest BCUT2D eigenvalue weighted by Gasteiger charge is 2.35. The third-order valence-electron chi connectivity index (χ3n) is 6.37. The molecule has 3 rings (SSSR count). The van der Waals surface area contributed by atoms with Crippen LogP contribution < -0.4 is 10.5 Å². The number of carbonyl (C=O) groups is 2. The first kappa shape index (κ1) is 25.6. The highest BCUT2D eigenvalue weighted by atomic mass is 16.6. The van der Waals surface area contributed by atoms with E-state index in [1.54, 1.807) is 12.0 Å². The fourth-order valence-electron chi connectivity index (χ4n) is 4.04. The summed E-state index contributed by atoms with van der Waals surface area (Å²) in [6, 6.07) is 16.8. The van der Waals surface area contributed by atoms with Crippen molar-refractivity contribution in [3.63, 3.8) is 0 Å². The van der Waals surface area contributed by atoms with E-state index in [4.69, 9.17) is 15.2 Å². The lowest BCUT2D eigenvalue weighted by atomic mass is 9.86. The van der Waals surface area contributed by atoms with Gasteiger partial charge in [0.25, 0.3) is 0 Å². The van der Waals surface area contributed by atoms with Crippen LogP contribution in [0.1, 0.15) is 44.7 Å². The Morgan fingerprint density at radius 2 is 1.65 bits per heavy atom.